The number of halogens is 1. The highest BCUT2D eigenvalue weighted by Gasteiger charge is 2.20. The van der Waals surface area contributed by atoms with Crippen molar-refractivity contribution < 1.29 is 16.8 Å². The Kier molecular flexibility index (Phi) is 5.84. The number of nitrogens with one attached hydrogen (secondary N) is 1. The lowest BCUT2D eigenvalue weighted by atomic mass is 10.1. The van der Waals surface area contributed by atoms with Gasteiger partial charge in [0.2, 0.25) is 10.0 Å². The lowest BCUT2D eigenvalue weighted by Gasteiger charge is -2.10. The molecule has 0 saturated carbocycles. The summed E-state index contributed by atoms with van der Waals surface area (Å²) in [6.07, 6.45) is 4.06. The standard InChI is InChI=1S/C17H17ClN4O4S2/c1-27(23,24)15-6-7-16(18)17(8-15)28(25,26)21-9-13-2-4-14(5-3-13)10-22-12-19-11-20-22/h2-8,11-12,21H,9-10H2,1H3. The quantitative estimate of drug-likeness (QED) is 0.600. The van der Waals surface area contributed by atoms with Crippen molar-refractivity contribution in [3.63, 3.8) is 0 Å². The highest BCUT2D eigenvalue weighted by atomic mass is 35.5. The Labute approximate surface area is 168 Å². The molecule has 0 bridgehead atoms. The van der Waals surface area contributed by atoms with Gasteiger partial charge < -0.3 is 0 Å². The highest BCUT2D eigenvalue weighted by molar-refractivity contribution is 7.91. The molecule has 11 heteroatoms. The minimum Gasteiger partial charge on any atom is -0.249 e. The second-order valence-electron chi connectivity index (χ2n) is 6.10. The average Bonchev–Trinajstić information content (AvgIpc) is 3.13. The Bertz CT molecular complexity index is 1180. The summed E-state index contributed by atoms with van der Waals surface area (Å²) < 4.78 is 52.6. The van der Waals surface area contributed by atoms with Gasteiger partial charge in [0.15, 0.2) is 9.84 Å². The molecule has 0 atom stereocenters. The predicted octanol–water partition coefficient (Wildman–Crippen LogP) is 1.86. The van der Waals surface area contributed by atoms with Gasteiger partial charge in [-0.1, -0.05) is 35.9 Å². The van der Waals surface area contributed by atoms with Crippen LogP contribution in [0.5, 0.6) is 0 Å². The number of sulfone groups is 1. The molecule has 0 saturated heterocycles. The lowest BCUT2D eigenvalue weighted by molar-refractivity contribution is 0.581. The third-order valence-electron chi connectivity index (χ3n) is 3.92. The van der Waals surface area contributed by atoms with Crippen molar-refractivity contribution in [2.45, 2.75) is 22.9 Å². The van der Waals surface area contributed by atoms with Crippen LogP contribution in [-0.2, 0) is 33.0 Å². The van der Waals surface area contributed by atoms with Crippen LogP contribution >= 0.6 is 11.6 Å². The molecule has 3 rings (SSSR count). The van der Waals surface area contributed by atoms with E-state index in [1.807, 2.05) is 12.1 Å². The summed E-state index contributed by atoms with van der Waals surface area (Å²) in [6, 6.07) is 10.9. The van der Waals surface area contributed by atoms with Gasteiger partial charge in [-0.25, -0.2) is 31.2 Å². The van der Waals surface area contributed by atoms with E-state index in [4.69, 9.17) is 11.6 Å². The van der Waals surface area contributed by atoms with Crippen LogP contribution in [0, 0.1) is 0 Å². The SMILES string of the molecule is CS(=O)(=O)c1ccc(Cl)c(S(=O)(=O)NCc2ccc(Cn3cncn3)cc2)c1. The summed E-state index contributed by atoms with van der Waals surface area (Å²) in [7, 11) is -7.55. The number of benzene rings is 2. The number of nitrogens with zero attached hydrogens (tertiary/aromatic N) is 3. The van der Waals surface area contributed by atoms with Gasteiger partial charge in [0.25, 0.3) is 0 Å². The van der Waals surface area contributed by atoms with E-state index in [-0.39, 0.29) is 21.4 Å². The smallest absolute Gasteiger partial charge is 0.242 e. The molecule has 1 heterocycles. The van der Waals surface area contributed by atoms with Gasteiger partial charge in [-0.3, -0.25) is 0 Å². The van der Waals surface area contributed by atoms with Crippen molar-refractivity contribution in [3.8, 4) is 0 Å². The van der Waals surface area contributed by atoms with Crippen molar-refractivity contribution >= 4 is 31.5 Å². The second kappa shape index (κ2) is 8.00. The minimum atomic E-state index is -3.99. The van der Waals surface area contributed by atoms with Crippen LogP contribution in [0.15, 0.2) is 64.9 Å². The molecule has 0 spiro atoms. The first kappa shape index (κ1) is 20.5. The molecular weight excluding hydrogens is 424 g/mol. The van der Waals surface area contributed by atoms with E-state index in [9.17, 15) is 16.8 Å². The Morgan fingerprint density at radius 3 is 2.32 bits per heavy atom. The van der Waals surface area contributed by atoms with Gasteiger partial charge in [0, 0.05) is 12.8 Å². The number of hydrogen-bond donors (Lipinski definition) is 1. The number of rotatable bonds is 7. The summed E-state index contributed by atoms with van der Waals surface area (Å²) in [6.45, 7) is 0.589. The Hall–Kier alpha value is -2.27. The van der Waals surface area contributed by atoms with Crippen LogP contribution in [0.3, 0.4) is 0 Å². The van der Waals surface area contributed by atoms with Gasteiger partial charge in [0.1, 0.15) is 17.6 Å². The van der Waals surface area contributed by atoms with E-state index in [0.717, 1.165) is 23.4 Å². The van der Waals surface area contributed by atoms with E-state index in [1.54, 1.807) is 23.1 Å². The maximum atomic E-state index is 12.6. The third kappa shape index (κ3) is 4.96. The van der Waals surface area contributed by atoms with E-state index >= 15 is 0 Å². The zero-order valence-corrected chi connectivity index (χ0v) is 17.2. The van der Waals surface area contributed by atoms with E-state index < -0.39 is 19.9 Å². The van der Waals surface area contributed by atoms with E-state index in [2.05, 4.69) is 14.8 Å². The molecule has 28 heavy (non-hydrogen) atoms. The van der Waals surface area contributed by atoms with Crippen molar-refractivity contribution in [3.05, 3.63) is 71.3 Å². The fraction of sp³-hybridized carbons (Fsp3) is 0.176. The number of aromatic nitrogens is 3. The van der Waals surface area contributed by atoms with Gasteiger partial charge >= 0.3 is 0 Å². The molecule has 0 aliphatic rings. The average molecular weight is 441 g/mol. The summed E-state index contributed by atoms with van der Waals surface area (Å²) >= 11 is 5.97. The maximum Gasteiger partial charge on any atom is 0.242 e. The number of hydrogen-bond acceptors (Lipinski definition) is 6. The van der Waals surface area contributed by atoms with Crippen LogP contribution in [0.4, 0.5) is 0 Å². The van der Waals surface area contributed by atoms with Crippen LogP contribution in [-0.4, -0.2) is 37.9 Å². The van der Waals surface area contributed by atoms with Crippen LogP contribution in [0.1, 0.15) is 11.1 Å². The van der Waals surface area contributed by atoms with Crippen molar-refractivity contribution in [1.29, 1.82) is 0 Å². The highest BCUT2D eigenvalue weighted by Crippen LogP contribution is 2.25. The van der Waals surface area contributed by atoms with Crippen LogP contribution in [0.25, 0.3) is 0 Å². The topological polar surface area (TPSA) is 111 Å². The van der Waals surface area contributed by atoms with Gasteiger partial charge in [-0.05, 0) is 29.3 Å². The van der Waals surface area contributed by atoms with Gasteiger partial charge in [0.05, 0.1) is 16.5 Å². The lowest BCUT2D eigenvalue weighted by Crippen LogP contribution is -2.23. The number of sulfonamides is 1. The molecule has 1 N–H and O–H groups in total. The van der Waals surface area contributed by atoms with Crippen LogP contribution in [0.2, 0.25) is 5.02 Å². The monoisotopic (exact) mass is 440 g/mol. The van der Waals surface area contributed by atoms with Gasteiger partial charge in [-0.15, -0.1) is 0 Å². The summed E-state index contributed by atoms with van der Waals surface area (Å²) in [5.41, 5.74) is 1.72. The van der Waals surface area contributed by atoms with E-state index in [0.29, 0.717) is 6.54 Å². The molecule has 0 radical (unpaired) electrons. The maximum absolute atomic E-state index is 12.6. The minimum absolute atomic E-state index is 0.0331. The summed E-state index contributed by atoms with van der Waals surface area (Å²) in [5.74, 6) is 0. The van der Waals surface area contributed by atoms with Crippen molar-refractivity contribution in [2.24, 2.45) is 0 Å². The molecule has 3 aromatic rings. The molecule has 0 unspecified atom stereocenters. The predicted molar refractivity (Wildman–Crippen MR) is 104 cm³/mol. The van der Waals surface area contributed by atoms with Crippen LogP contribution < -0.4 is 4.72 Å². The molecule has 1 aromatic heterocycles. The molecule has 2 aromatic carbocycles. The van der Waals surface area contributed by atoms with Crippen molar-refractivity contribution in [1.82, 2.24) is 19.5 Å². The first-order chi connectivity index (χ1) is 13.1. The molecule has 148 valence electrons. The summed E-state index contributed by atoms with van der Waals surface area (Å²) in [4.78, 5) is 3.48. The molecule has 0 aliphatic carbocycles. The van der Waals surface area contributed by atoms with Crippen molar-refractivity contribution in [2.75, 3.05) is 6.26 Å². The zero-order chi connectivity index (χ0) is 20.4. The summed E-state index contributed by atoms with van der Waals surface area (Å²) in [5, 5.41) is 3.97. The Morgan fingerprint density at radius 1 is 1.04 bits per heavy atom. The van der Waals surface area contributed by atoms with Gasteiger partial charge in [-0.2, -0.15) is 5.10 Å². The first-order valence-corrected chi connectivity index (χ1v) is 11.8. The first-order valence-electron chi connectivity index (χ1n) is 8.05. The second-order valence-corrected chi connectivity index (χ2v) is 10.3. The molecule has 0 fully saturated rings. The third-order valence-corrected chi connectivity index (χ3v) is 6.91. The molecule has 8 nitrogen and oxygen atoms in total. The molecular formula is C17H17ClN4O4S2. The zero-order valence-electron chi connectivity index (χ0n) is 14.8. The fourth-order valence-corrected chi connectivity index (χ4v) is 4.70. The fourth-order valence-electron chi connectivity index (χ4n) is 2.44. The molecule has 0 amide bonds. The Morgan fingerprint density at radius 2 is 1.71 bits per heavy atom. The normalized spacial score (nSPS) is 12.2. The molecule has 0 aliphatic heterocycles. The Balaban J connectivity index is 1.73. The van der Waals surface area contributed by atoms with E-state index in [1.165, 1.54) is 18.5 Å². The largest absolute Gasteiger partial charge is 0.249 e.